The zero-order valence-corrected chi connectivity index (χ0v) is 11.5. The number of aryl methyl sites for hydroxylation is 2. The van der Waals surface area contributed by atoms with Crippen molar-refractivity contribution in [3.05, 3.63) is 15.6 Å². The molecule has 1 saturated carbocycles. The van der Waals surface area contributed by atoms with Crippen molar-refractivity contribution in [1.82, 2.24) is 10.3 Å². The molecule has 0 radical (unpaired) electrons. The van der Waals surface area contributed by atoms with Crippen LogP contribution in [0.15, 0.2) is 0 Å². The Labute approximate surface area is 107 Å². The van der Waals surface area contributed by atoms with E-state index in [0.29, 0.717) is 12.5 Å². The van der Waals surface area contributed by atoms with Gasteiger partial charge in [0, 0.05) is 18.0 Å². The summed E-state index contributed by atoms with van der Waals surface area (Å²) in [6.07, 6.45) is 4.79. The summed E-state index contributed by atoms with van der Waals surface area (Å²) in [7, 11) is 0. The lowest BCUT2D eigenvalue weighted by Gasteiger charge is -2.17. The van der Waals surface area contributed by atoms with Gasteiger partial charge in [-0.1, -0.05) is 12.8 Å². The molecule has 0 bridgehead atoms. The van der Waals surface area contributed by atoms with Gasteiger partial charge >= 0.3 is 0 Å². The van der Waals surface area contributed by atoms with Gasteiger partial charge in [-0.2, -0.15) is 0 Å². The Morgan fingerprint density at radius 1 is 1.41 bits per heavy atom. The van der Waals surface area contributed by atoms with E-state index < -0.39 is 0 Å². The van der Waals surface area contributed by atoms with E-state index in [-0.39, 0.29) is 6.10 Å². The minimum atomic E-state index is -0.174. The first-order chi connectivity index (χ1) is 8.16. The second-order valence-electron chi connectivity index (χ2n) is 4.98. The average Bonchev–Trinajstić information content (AvgIpc) is 2.89. The van der Waals surface area contributed by atoms with Crippen LogP contribution in [0.2, 0.25) is 0 Å². The molecule has 3 nitrogen and oxygen atoms in total. The lowest BCUT2D eigenvalue weighted by molar-refractivity contribution is 0.109. The summed E-state index contributed by atoms with van der Waals surface area (Å²) >= 11 is 1.74. The maximum Gasteiger partial charge on any atom is 0.0900 e. The predicted octanol–water partition coefficient (Wildman–Crippen LogP) is 2.40. The van der Waals surface area contributed by atoms with Gasteiger partial charge in [0.25, 0.3) is 0 Å². The molecule has 0 saturated heterocycles. The molecule has 2 rings (SSSR count). The molecule has 96 valence electrons. The highest BCUT2D eigenvalue weighted by atomic mass is 32.1. The van der Waals surface area contributed by atoms with E-state index in [1.165, 1.54) is 30.6 Å². The van der Waals surface area contributed by atoms with Crippen LogP contribution in [-0.4, -0.2) is 22.7 Å². The Balaban J connectivity index is 1.73. The number of aliphatic hydroxyl groups excluding tert-OH is 1. The Hall–Kier alpha value is -0.450. The normalized spacial score (nSPS) is 18.8. The molecule has 4 heteroatoms. The third kappa shape index (κ3) is 3.50. The Morgan fingerprint density at radius 3 is 2.71 bits per heavy atom. The van der Waals surface area contributed by atoms with Crippen LogP contribution in [0.4, 0.5) is 0 Å². The van der Waals surface area contributed by atoms with Crippen molar-refractivity contribution in [2.45, 2.75) is 52.2 Å². The van der Waals surface area contributed by atoms with Crippen molar-refractivity contribution in [3.63, 3.8) is 0 Å². The summed E-state index contributed by atoms with van der Waals surface area (Å²) in [5, 5.41) is 14.5. The molecule has 0 spiro atoms. The maximum atomic E-state index is 10.0. The minimum Gasteiger partial charge on any atom is -0.392 e. The molecule has 0 amide bonds. The molecular formula is C13H22N2OS. The SMILES string of the molecule is Cc1nc(C)c(CNCC(O)C2CCCC2)s1. The summed E-state index contributed by atoms with van der Waals surface area (Å²) in [6, 6.07) is 0. The second kappa shape index (κ2) is 5.94. The van der Waals surface area contributed by atoms with Gasteiger partial charge in [0.05, 0.1) is 16.8 Å². The average molecular weight is 254 g/mol. The van der Waals surface area contributed by atoms with Crippen LogP contribution < -0.4 is 5.32 Å². The summed E-state index contributed by atoms with van der Waals surface area (Å²) in [5.74, 6) is 0.520. The summed E-state index contributed by atoms with van der Waals surface area (Å²) in [5.41, 5.74) is 1.12. The molecule has 1 aromatic heterocycles. The van der Waals surface area contributed by atoms with Crippen LogP contribution in [-0.2, 0) is 6.54 Å². The van der Waals surface area contributed by atoms with Crippen LogP contribution in [0.25, 0.3) is 0 Å². The number of hydrogen-bond donors (Lipinski definition) is 2. The van der Waals surface area contributed by atoms with Crippen LogP contribution in [0.1, 0.15) is 41.3 Å². The number of nitrogens with one attached hydrogen (secondary N) is 1. The topological polar surface area (TPSA) is 45.2 Å². The van der Waals surface area contributed by atoms with Gasteiger partial charge in [0.15, 0.2) is 0 Å². The molecule has 1 atom stereocenters. The monoisotopic (exact) mass is 254 g/mol. The van der Waals surface area contributed by atoms with Gasteiger partial charge < -0.3 is 10.4 Å². The van der Waals surface area contributed by atoms with Crippen molar-refractivity contribution in [3.8, 4) is 0 Å². The third-order valence-corrected chi connectivity index (χ3v) is 4.66. The van der Waals surface area contributed by atoms with Crippen molar-refractivity contribution in [2.75, 3.05) is 6.54 Å². The molecule has 1 heterocycles. The summed E-state index contributed by atoms with van der Waals surface area (Å²) in [4.78, 5) is 5.70. The molecule has 2 N–H and O–H groups in total. The first-order valence-electron chi connectivity index (χ1n) is 6.48. The molecular weight excluding hydrogens is 232 g/mol. The van der Waals surface area contributed by atoms with E-state index in [9.17, 15) is 5.11 Å². The first-order valence-corrected chi connectivity index (χ1v) is 7.30. The largest absolute Gasteiger partial charge is 0.392 e. The van der Waals surface area contributed by atoms with E-state index in [4.69, 9.17) is 0 Å². The van der Waals surface area contributed by atoms with Crippen molar-refractivity contribution >= 4 is 11.3 Å². The molecule has 1 fully saturated rings. The van der Waals surface area contributed by atoms with Gasteiger partial charge in [-0.25, -0.2) is 4.98 Å². The van der Waals surface area contributed by atoms with E-state index >= 15 is 0 Å². The van der Waals surface area contributed by atoms with Gasteiger partial charge in [-0.3, -0.25) is 0 Å². The fourth-order valence-electron chi connectivity index (χ4n) is 2.58. The number of aromatic nitrogens is 1. The van der Waals surface area contributed by atoms with E-state index in [1.54, 1.807) is 11.3 Å². The van der Waals surface area contributed by atoms with Gasteiger partial charge in [0.2, 0.25) is 0 Å². The second-order valence-corrected chi connectivity index (χ2v) is 6.27. The Morgan fingerprint density at radius 2 is 2.12 bits per heavy atom. The lowest BCUT2D eigenvalue weighted by atomic mass is 10.0. The third-order valence-electron chi connectivity index (χ3n) is 3.58. The van der Waals surface area contributed by atoms with Crippen molar-refractivity contribution in [1.29, 1.82) is 0 Å². The molecule has 0 aliphatic heterocycles. The van der Waals surface area contributed by atoms with E-state index in [1.807, 2.05) is 13.8 Å². The van der Waals surface area contributed by atoms with Crippen LogP contribution in [0.3, 0.4) is 0 Å². The molecule has 17 heavy (non-hydrogen) atoms. The molecule has 1 unspecified atom stereocenters. The number of nitrogens with zero attached hydrogens (tertiary/aromatic N) is 1. The quantitative estimate of drug-likeness (QED) is 0.848. The van der Waals surface area contributed by atoms with Crippen LogP contribution >= 0.6 is 11.3 Å². The van der Waals surface area contributed by atoms with E-state index in [2.05, 4.69) is 10.3 Å². The first kappa shape index (κ1) is 13.0. The minimum absolute atomic E-state index is 0.174. The zero-order chi connectivity index (χ0) is 12.3. The van der Waals surface area contributed by atoms with Gasteiger partial charge in [-0.05, 0) is 32.6 Å². The Bertz CT molecular complexity index is 358. The number of rotatable bonds is 5. The lowest BCUT2D eigenvalue weighted by Crippen LogP contribution is -2.31. The van der Waals surface area contributed by atoms with Crippen LogP contribution in [0.5, 0.6) is 0 Å². The molecule has 1 aliphatic carbocycles. The highest BCUT2D eigenvalue weighted by molar-refractivity contribution is 7.11. The maximum absolute atomic E-state index is 10.0. The van der Waals surface area contributed by atoms with Gasteiger partial charge in [0.1, 0.15) is 0 Å². The zero-order valence-electron chi connectivity index (χ0n) is 10.7. The summed E-state index contributed by atoms with van der Waals surface area (Å²) < 4.78 is 0. The van der Waals surface area contributed by atoms with Crippen molar-refractivity contribution < 1.29 is 5.11 Å². The fourth-order valence-corrected chi connectivity index (χ4v) is 3.49. The molecule has 0 aromatic carbocycles. The standard InChI is InChI=1S/C13H22N2OS/c1-9-13(17-10(2)15-9)8-14-7-12(16)11-5-3-4-6-11/h11-12,14,16H,3-8H2,1-2H3. The van der Waals surface area contributed by atoms with Crippen molar-refractivity contribution in [2.24, 2.45) is 5.92 Å². The predicted molar refractivity (Wildman–Crippen MR) is 71.3 cm³/mol. The number of aliphatic hydroxyl groups is 1. The highest BCUT2D eigenvalue weighted by Gasteiger charge is 2.22. The Kier molecular flexibility index (Phi) is 4.54. The van der Waals surface area contributed by atoms with E-state index in [0.717, 1.165) is 17.2 Å². The molecule has 1 aliphatic rings. The smallest absolute Gasteiger partial charge is 0.0900 e. The van der Waals surface area contributed by atoms with Crippen LogP contribution in [0, 0.1) is 19.8 Å². The number of thiazole rings is 1. The summed E-state index contributed by atoms with van der Waals surface area (Å²) in [6.45, 7) is 5.63. The fraction of sp³-hybridized carbons (Fsp3) is 0.769. The highest BCUT2D eigenvalue weighted by Crippen LogP contribution is 2.27. The number of hydrogen-bond acceptors (Lipinski definition) is 4. The molecule has 1 aromatic rings. The van der Waals surface area contributed by atoms with Gasteiger partial charge in [-0.15, -0.1) is 11.3 Å².